The van der Waals surface area contributed by atoms with E-state index in [2.05, 4.69) is 118 Å². The zero-order valence-corrected chi connectivity index (χ0v) is 22.5. The van der Waals surface area contributed by atoms with Crippen LogP contribution < -0.4 is 0 Å². The van der Waals surface area contributed by atoms with Gasteiger partial charge in [0, 0.05) is 27.2 Å². The highest BCUT2D eigenvalue weighted by Crippen LogP contribution is 2.45. The molecule has 0 radical (unpaired) electrons. The molecule has 0 unspecified atom stereocenters. The Morgan fingerprint density at radius 3 is 2.05 bits per heavy atom. The van der Waals surface area contributed by atoms with Gasteiger partial charge in [0.1, 0.15) is 5.52 Å². The molecule has 4 heterocycles. The molecule has 0 saturated carbocycles. The summed E-state index contributed by atoms with van der Waals surface area (Å²) in [5, 5.41) is 6.07. The smallest absolute Gasteiger partial charge is 0.165 e. The van der Waals surface area contributed by atoms with Crippen LogP contribution in [0.25, 0.3) is 88.0 Å². The quantitative estimate of drug-likeness (QED) is 0.221. The second kappa shape index (κ2) is 7.93. The number of benzene rings is 6. The van der Waals surface area contributed by atoms with Crippen molar-refractivity contribution in [2.45, 2.75) is 0 Å². The van der Waals surface area contributed by atoms with Crippen LogP contribution in [0.1, 0.15) is 0 Å². The molecular weight excluding hydrogens is 512 g/mol. The Morgan fingerprint density at radius 1 is 0.452 bits per heavy atom. The standard InChI is InChI=1S/C38H22N4/c1-2-10-23(11-3-1)24-12-8-13-25(22-24)41-32-19-9-15-27-26-14-4-7-18-31(26)42-37-28(20-21-33(41)35(37)34(27)32)36-38(42)40-30-17-6-5-16-29(30)39-36/h1-22H. The molecule has 4 aromatic heterocycles. The van der Waals surface area contributed by atoms with Crippen LogP contribution in [0.15, 0.2) is 133 Å². The number of para-hydroxylation sites is 3. The van der Waals surface area contributed by atoms with E-state index >= 15 is 0 Å². The summed E-state index contributed by atoms with van der Waals surface area (Å²) < 4.78 is 4.78. The molecule has 4 heteroatoms. The first-order chi connectivity index (χ1) is 20.8. The number of nitrogens with zero attached hydrogens (tertiary/aromatic N) is 4. The summed E-state index contributed by atoms with van der Waals surface area (Å²) in [6.45, 7) is 0. The minimum Gasteiger partial charge on any atom is -0.309 e. The average Bonchev–Trinajstić information content (AvgIpc) is 3.52. The molecule has 10 aromatic rings. The molecule has 4 nitrogen and oxygen atoms in total. The largest absolute Gasteiger partial charge is 0.309 e. The van der Waals surface area contributed by atoms with Crippen molar-refractivity contribution >= 4 is 71.2 Å². The Labute approximate surface area is 240 Å². The molecule has 0 fully saturated rings. The maximum atomic E-state index is 5.22. The van der Waals surface area contributed by atoms with Gasteiger partial charge >= 0.3 is 0 Å². The first-order valence-corrected chi connectivity index (χ1v) is 14.3. The van der Waals surface area contributed by atoms with Crippen molar-refractivity contribution < 1.29 is 0 Å². The van der Waals surface area contributed by atoms with Crippen LogP contribution in [0.3, 0.4) is 0 Å². The van der Waals surface area contributed by atoms with Crippen molar-refractivity contribution in [2.75, 3.05) is 0 Å². The van der Waals surface area contributed by atoms with Gasteiger partial charge in [-0.2, -0.15) is 0 Å². The van der Waals surface area contributed by atoms with Crippen LogP contribution >= 0.6 is 0 Å². The molecule has 0 N–H and O–H groups in total. The second-order valence-electron chi connectivity index (χ2n) is 11.0. The van der Waals surface area contributed by atoms with Crippen LogP contribution in [0.5, 0.6) is 0 Å². The molecule has 0 aliphatic heterocycles. The summed E-state index contributed by atoms with van der Waals surface area (Å²) in [5.41, 5.74) is 11.9. The number of aromatic nitrogens is 4. The van der Waals surface area contributed by atoms with Crippen LogP contribution in [-0.2, 0) is 0 Å². The fourth-order valence-electron chi connectivity index (χ4n) is 7.08. The maximum Gasteiger partial charge on any atom is 0.165 e. The number of rotatable bonds is 2. The summed E-state index contributed by atoms with van der Waals surface area (Å²) in [6, 6.07) is 47.6. The fourth-order valence-corrected chi connectivity index (χ4v) is 7.08. The third-order valence-corrected chi connectivity index (χ3v) is 8.82. The summed E-state index contributed by atoms with van der Waals surface area (Å²) >= 11 is 0. The Kier molecular flexibility index (Phi) is 4.15. The van der Waals surface area contributed by atoms with Gasteiger partial charge in [-0.25, -0.2) is 9.97 Å². The summed E-state index contributed by atoms with van der Waals surface area (Å²) in [7, 11) is 0. The Bertz CT molecular complexity index is 2680. The summed E-state index contributed by atoms with van der Waals surface area (Å²) in [5.74, 6) is 0. The van der Waals surface area contributed by atoms with E-state index in [4.69, 9.17) is 9.97 Å². The van der Waals surface area contributed by atoms with E-state index in [1.807, 2.05) is 24.3 Å². The van der Waals surface area contributed by atoms with Crippen LogP contribution in [0.2, 0.25) is 0 Å². The monoisotopic (exact) mass is 534 g/mol. The lowest BCUT2D eigenvalue weighted by molar-refractivity contribution is 1.18. The normalized spacial score (nSPS) is 12.3. The van der Waals surface area contributed by atoms with Gasteiger partial charge in [0.15, 0.2) is 5.65 Å². The van der Waals surface area contributed by atoms with E-state index in [0.29, 0.717) is 0 Å². The molecule has 0 saturated heterocycles. The van der Waals surface area contributed by atoms with Gasteiger partial charge < -0.3 is 4.57 Å². The highest BCUT2D eigenvalue weighted by molar-refractivity contribution is 6.32. The lowest BCUT2D eigenvalue weighted by Crippen LogP contribution is -1.95. The van der Waals surface area contributed by atoms with Crippen molar-refractivity contribution in [3.63, 3.8) is 0 Å². The zero-order chi connectivity index (χ0) is 27.4. The lowest BCUT2D eigenvalue weighted by Gasteiger charge is -2.11. The molecule has 0 aliphatic carbocycles. The van der Waals surface area contributed by atoms with Gasteiger partial charge in [0.2, 0.25) is 0 Å². The molecule has 194 valence electrons. The number of hydrogen-bond donors (Lipinski definition) is 0. The molecule has 42 heavy (non-hydrogen) atoms. The minimum absolute atomic E-state index is 0.892. The summed E-state index contributed by atoms with van der Waals surface area (Å²) in [6.07, 6.45) is 0. The lowest BCUT2D eigenvalue weighted by atomic mass is 10.0. The van der Waals surface area contributed by atoms with E-state index in [-0.39, 0.29) is 0 Å². The van der Waals surface area contributed by atoms with E-state index in [1.54, 1.807) is 0 Å². The number of hydrogen-bond acceptors (Lipinski definition) is 2. The SMILES string of the molecule is c1ccc(-c2cccc(-n3c4cccc5c6ccccc6n6c7nc8ccccc8nc7c7ccc3c(c54)c76)c2)cc1. The van der Waals surface area contributed by atoms with Gasteiger partial charge in [-0.15, -0.1) is 0 Å². The van der Waals surface area contributed by atoms with E-state index in [9.17, 15) is 0 Å². The van der Waals surface area contributed by atoms with E-state index in [1.165, 1.54) is 43.7 Å². The third kappa shape index (κ3) is 2.76. The van der Waals surface area contributed by atoms with Crippen molar-refractivity contribution in [1.82, 2.24) is 18.9 Å². The molecule has 0 amide bonds. The Balaban J connectivity index is 1.45. The van der Waals surface area contributed by atoms with E-state index < -0.39 is 0 Å². The Morgan fingerprint density at radius 2 is 1.14 bits per heavy atom. The molecule has 0 bridgehead atoms. The fraction of sp³-hybridized carbons (Fsp3) is 0. The van der Waals surface area contributed by atoms with Crippen LogP contribution in [0, 0.1) is 0 Å². The molecule has 0 aliphatic rings. The van der Waals surface area contributed by atoms with Crippen LogP contribution in [0.4, 0.5) is 0 Å². The van der Waals surface area contributed by atoms with Crippen LogP contribution in [-0.4, -0.2) is 18.9 Å². The zero-order valence-electron chi connectivity index (χ0n) is 22.5. The first kappa shape index (κ1) is 22.0. The number of fused-ring (bicyclic) bond motifs is 7. The predicted octanol–water partition coefficient (Wildman–Crippen LogP) is 9.54. The van der Waals surface area contributed by atoms with Gasteiger partial charge in [-0.3, -0.25) is 4.40 Å². The van der Waals surface area contributed by atoms with Gasteiger partial charge in [0.25, 0.3) is 0 Å². The van der Waals surface area contributed by atoms with Crippen molar-refractivity contribution in [2.24, 2.45) is 0 Å². The maximum absolute atomic E-state index is 5.22. The molecule has 6 aromatic carbocycles. The van der Waals surface area contributed by atoms with Crippen molar-refractivity contribution in [3.05, 3.63) is 133 Å². The van der Waals surface area contributed by atoms with Gasteiger partial charge in [-0.1, -0.05) is 84.9 Å². The molecule has 10 rings (SSSR count). The average molecular weight is 535 g/mol. The van der Waals surface area contributed by atoms with Crippen molar-refractivity contribution in [1.29, 1.82) is 0 Å². The molecular formula is C38H22N4. The van der Waals surface area contributed by atoms with E-state index in [0.717, 1.165) is 44.3 Å². The highest BCUT2D eigenvalue weighted by atomic mass is 15.0. The topological polar surface area (TPSA) is 35.1 Å². The third-order valence-electron chi connectivity index (χ3n) is 8.82. The second-order valence-corrected chi connectivity index (χ2v) is 11.0. The Hall–Kier alpha value is -5.74. The molecule has 0 atom stereocenters. The van der Waals surface area contributed by atoms with Crippen molar-refractivity contribution in [3.8, 4) is 16.8 Å². The highest BCUT2D eigenvalue weighted by Gasteiger charge is 2.24. The van der Waals surface area contributed by atoms with Gasteiger partial charge in [-0.05, 0) is 65.0 Å². The first-order valence-electron chi connectivity index (χ1n) is 14.3. The minimum atomic E-state index is 0.892. The predicted molar refractivity (Wildman–Crippen MR) is 174 cm³/mol. The van der Waals surface area contributed by atoms with Gasteiger partial charge in [0.05, 0.1) is 33.1 Å². The molecule has 0 spiro atoms. The summed E-state index contributed by atoms with van der Waals surface area (Å²) in [4.78, 5) is 10.4.